The van der Waals surface area contributed by atoms with Crippen molar-refractivity contribution in [3.63, 3.8) is 0 Å². The zero-order valence-electron chi connectivity index (χ0n) is 8.90. The van der Waals surface area contributed by atoms with Crippen molar-refractivity contribution in [1.29, 1.82) is 0 Å². The van der Waals surface area contributed by atoms with Crippen LogP contribution in [0.3, 0.4) is 0 Å². The molecule has 0 aliphatic rings. The van der Waals surface area contributed by atoms with Gasteiger partial charge in [-0.05, 0) is 12.8 Å². The fraction of sp³-hybridized carbons (Fsp3) is 0.700. The van der Waals surface area contributed by atoms with E-state index in [1.165, 1.54) is 0 Å². The molecule has 3 nitrogen and oxygen atoms in total. The number of rotatable bonds is 7. The molecule has 14 heavy (non-hydrogen) atoms. The molecule has 2 N–H and O–H groups in total. The van der Waals surface area contributed by atoms with E-state index in [1.54, 1.807) is 0 Å². The van der Waals surface area contributed by atoms with Crippen LogP contribution in [0.5, 0.6) is 0 Å². The molecule has 0 unspecified atom stereocenters. The summed E-state index contributed by atoms with van der Waals surface area (Å²) < 4.78 is 0.854. The molecular formula is C10H19BrN2O. The van der Waals surface area contributed by atoms with Crippen molar-refractivity contribution in [2.24, 2.45) is 0 Å². The molecule has 0 aromatic rings. The molecule has 0 fully saturated rings. The van der Waals surface area contributed by atoms with Gasteiger partial charge in [-0.1, -0.05) is 36.4 Å². The lowest BCUT2D eigenvalue weighted by molar-refractivity contribution is -0.120. The first-order valence-corrected chi connectivity index (χ1v) is 5.72. The van der Waals surface area contributed by atoms with Crippen LogP contribution in [0.15, 0.2) is 11.1 Å². The van der Waals surface area contributed by atoms with Gasteiger partial charge in [0.2, 0.25) is 5.91 Å². The molecule has 0 saturated carbocycles. The molecule has 0 radical (unpaired) electrons. The third-order valence-electron chi connectivity index (χ3n) is 1.95. The molecule has 0 spiro atoms. The summed E-state index contributed by atoms with van der Waals surface area (Å²) in [7, 11) is 0. The van der Waals surface area contributed by atoms with Gasteiger partial charge in [0.25, 0.3) is 0 Å². The van der Waals surface area contributed by atoms with Crippen molar-refractivity contribution in [1.82, 2.24) is 10.6 Å². The van der Waals surface area contributed by atoms with Crippen LogP contribution in [-0.2, 0) is 4.79 Å². The Morgan fingerprint density at radius 1 is 1.36 bits per heavy atom. The number of halogens is 1. The number of carbonyl (C=O) groups is 1. The summed E-state index contributed by atoms with van der Waals surface area (Å²) in [6.07, 6.45) is 1.96. The van der Waals surface area contributed by atoms with E-state index in [0.717, 1.165) is 17.3 Å². The number of nitrogens with one attached hydrogen (secondary N) is 2. The van der Waals surface area contributed by atoms with Gasteiger partial charge < -0.3 is 10.6 Å². The van der Waals surface area contributed by atoms with Gasteiger partial charge in [-0.3, -0.25) is 4.79 Å². The minimum atomic E-state index is 0.0486. The lowest BCUT2D eigenvalue weighted by Crippen LogP contribution is -2.40. The normalized spacial score (nSPS) is 10.3. The first kappa shape index (κ1) is 13.7. The largest absolute Gasteiger partial charge is 0.352 e. The van der Waals surface area contributed by atoms with Crippen LogP contribution in [-0.4, -0.2) is 25.0 Å². The summed E-state index contributed by atoms with van der Waals surface area (Å²) in [5.74, 6) is 0.0486. The highest BCUT2D eigenvalue weighted by atomic mass is 79.9. The molecular weight excluding hydrogens is 244 g/mol. The van der Waals surface area contributed by atoms with Crippen molar-refractivity contribution < 1.29 is 4.79 Å². The number of hydrogen-bond donors (Lipinski definition) is 2. The Bertz CT molecular complexity index is 191. The summed E-state index contributed by atoms with van der Waals surface area (Å²) in [5.41, 5.74) is 0. The standard InChI is InChI=1S/C10H19BrN2O/c1-4-9(5-2)13-10(14)7-12-6-8(3)11/h9,12H,3-7H2,1-2H3,(H,13,14). The maximum absolute atomic E-state index is 11.3. The maximum atomic E-state index is 11.3. The topological polar surface area (TPSA) is 41.1 Å². The number of hydrogen-bond acceptors (Lipinski definition) is 2. The number of amides is 1. The van der Waals surface area contributed by atoms with Gasteiger partial charge in [0.05, 0.1) is 6.54 Å². The quantitative estimate of drug-likeness (QED) is 0.735. The minimum Gasteiger partial charge on any atom is -0.352 e. The summed E-state index contributed by atoms with van der Waals surface area (Å²) >= 11 is 3.21. The molecule has 0 bridgehead atoms. The van der Waals surface area contributed by atoms with E-state index in [4.69, 9.17) is 0 Å². The maximum Gasteiger partial charge on any atom is 0.234 e. The van der Waals surface area contributed by atoms with Crippen LogP contribution in [0.1, 0.15) is 26.7 Å². The van der Waals surface area contributed by atoms with Gasteiger partial charge in [-0.25, -0.2) is 0 Å². The molecule has 1 amide bonds. The molecule has 0 aromatic carbocycles. The van der Waals surface area contributed by atoms with Crippen LogP contribution >= 0.6 is 15.9 Å². The van der Waals surface area contributed by atoms with Gasteiger partial charge in [0.15, 0.2) is 0 Å². The van der Waals surface area contributed by atoms with Crippen molar-refractivity contribution >= 4 is 21.8 Å². The zero-order valence-corrected chi connectivity index (χ0v) is 10.5. The van der Waals surface area contributed by atoms with E-state index in [-0.39, 0.29) is 5.91 Å². The van der Waals surface area contributed by atoms with E-state index in [0.29, 0.717) is 19.1 Å². The van der Waals surface area contributed by atoms with E-state index in [9.17, 15) is 4.79 Å². The molecule has 0 rings (SSSR count). The minimum absolute atomic E-state index is 0.0486. The lowest BCUT2D eigenvalue weighted by atomic mass is 10.2. The first-order chi connectivity index (χ1) is 6.60. The second kappa shape index (κ2) is 8.00. The summed E-state index contributed by atoms with van der Waals surface area (Å²) in [4.78, 5) is 11.3. The van der Waals surface area contributed by atoms with E-state index >= 15 is 0 Å². The van der Waals surface area contributed by atoms with Crippen LogP contribution in [0.2, 0.25) is 0 Å². The fourth-order valence-electron chi connectivity index (χ4n) is 1.08. The Labute approximate surface area is 94.5 Å². The van der Waals surface area contributed by atoms with Gasteiger partial charge in [-0.2, -0.15) is 0 Å². The monoisotopic (exact) mass is 262 g/mol. The van der Waals surface area contributed by atoms with Crippen molar-refractivity contribution in [3.8, 4) is 0 Å². The molecule has 0 aliphatic heterocycles. The summed E-state index contributed by atoms with van der Waals surface area (Å²) in [6, 6.07) is 0.302. The Morgan fingerprint density at radius 3 is 2.36 bits per heavy atom. The van der Waals surface area contributed by atoms with E-state index < -0.39 is 0 Å². The van der Waals surface area contributed by atoms with Crippen molar-refractivity contribution in [2.45, 2.75) is 32.7 Å². The Morgan fingerprint density at radius 2 is 1.93 bits per heavy atom. The first-order valence-electron chi connectivity index (χ1n) is 4.93. The second-order valence-electron chi connectivity index (χ2n) is 3.20. The second-order valence-corrected chi connectivity index (χ2v) is 4.32. The fourth-order valence-corrected chi connectivity index (χ4v) is 1.28. The molecule has 0 heterocycles. The Balaban J connectivity index is 3.59. The van der Waals surface area contributed by atoms with Crippen molar-refractivity contribution in [2.75, 3.05) is 13.1 Å². The van der Waals surface area contributed by atoms with Gasteiger partial charge in [-0.15, -0.1) is 0 Å². The highest BCUT2D eigenvalue weighted by Crippen LogP contribution is 1.97. The highest BCUT2D eigenvalue weighted by molar-refractivity contribution is 9.11. The predicted molar refractivity (Wildman–Crippen MR) is 63.4 cm³/mol. The highest BCUT2D eigenvalue weighted by Gasteiger charge is 2.06. The van der Waals surface area contributed by atoms with Gasteiger partial charge in [0, 0.05) is 17.1 Å². The molecule has 82 valence electrons. The zero-order chi connectivity index (χ0) is 11.0. The predicted octanol–water partition coefficient (Wildman–Crippen LogP) is 1.79. The number of carbonyl (C=O) groups excluding carboxylic acids is 1. The van der Waals surface area contributed by atoms with Crippen LogP contribution in [0.25, 0.3) is 0 Å². The Hall–Kier alpha value is -0.350. The van der Waals surface area contributed by atoms with Crippen molar-refractivity contribution in [3.05, 3.63) is 11.1 Å². The lowest BCUT2D eigenvalue weighted by Gasteiger charge is -2.14. The Kier molecular flexibility index (Phi) is 7.80. The third kappa shape index (κ3) is 7.09. The average Bonchev–Trinajstić information content (AvgIpc) is 2.13. The molecule has 0 saturated heterocycles. The smallest absolute Gasteiger partial charge is 0.234 e. The van der Waals surface area contributed by atoms with Gasteiger partial charge >= 0.3 is 0 Å². The van der Waals surface area contributed by atoms with Crippen LogP contribution in [0.4, 0.5) is 0 Å². The molecule has 0 aliphatic carbocycles. The third-order valence-corrected chi connectivity index (χ3v) is 2.23. The van der Waals surface area contributed by atoms with Crippen LogP contribution < -0.4 is 10.6 Å². The van der Waals surface area contributed by atoms with E-state index in [1.807, 2.05) is 0 Å². The van der Waals surface area contributed by atoms with E-state index in [2.05, 4.69) is 47.0 Å². The van der Waals surface area contributed by atoms with Gasteiger partial charge in [0.1, 0.15) is 0 Å². The average molecular weight is 263 g/mol. The van der Waals surface area contributed by atoms with Crippen LogP contribution in [0, 0.1) is 0 Å². The summed E-state index contributed by atoms with van der Waals surface area (Å²) in [5, 5.41) is 5.92. The summed E-state index contributed by atoms with van der Waals surface area (Å²) in [6.45, 7) is 8.78. The SMILES string of the molecule is C=C(Br)CNCC(=O)NC(CC)CC. The molecule has 4 heteroatoms. The molecule has 0 aromatic heterocycles. The molecule has 0 atom stereocenters.